The molecule has 4 aromatic heterocycles. The van der Waals surface area contributed by atoms with Crippen LogP contribution in [0.15, 0.2) is 46.6 Å². The van der Waals surface area contributed by atoms with Crippen LogP contribution in [-0.4, -0.2) is 28.1 Å². The zero-order valence-corrected chi connectivity index (χ0v) is 13.5. The average Bonchev–Trinajstić information content (AvgIpc) is 3.18. The van der Waals surface area contributed by atoms with Crippen molar-refractivity contribution in [3.63, 3.8) is 0 Å². The van der Waals surface area contributed by atoms with Gasteiger partial charge in [-0.3, -0.25) is 18.7 Å². The SMILES string of the molecule is CC(C)n1ccc(=O)n2cc(-c3cn(C)n4ccnc4c3=O)nc12. The molecule has 0 amide bonds. The summed E-state index contributed by atoms with van der Waals surface area (Å²) in [5.74, 6) is 0.512. The van der Waals surface area contributed by atoms with E-state index in [1.807, 2.05) is 25.5 Å². The number of nitrogens with zero attached hydrogens (tertiary/aromatic N) is 6. The molecule has 0 spiro atoms. The largest absolute Gasteiger partial charge is 0.316 e. The molecule has 0 atom stereocenters. The van der Waals surface area contributed by atoms with Crippen LogP contribution in [-0.2, 0) is 7.05 Å². The van der Waals surface area contributed by atoms with Crippen LogP contribution in [0.5, 0.6) is 0 Å². The predicted octanol–water partition coefficient (Wildman–Crippen LogP) is 1.09. The third-order valence-electron chi connectivity index (χ3n) is 4.09. The zero-order chi connectivity index (χ0) is 17.0. The lowest BCUT2D eigenvalue weighted by atomic mass is 10.2. The van der Waals surface area contributed by atoms with Gasteiger partial charge in [-0.25, -0.2) is 14.5 Å². The van der Waals surface area contributed by atoms with E-state index in [2.05, 4.69) is 9.97 Å². The van der Waals surface area contributed by atoms with Gasteiger partial charge in [0.05, 0.1) is 11.3 Å². The molecule has 0 aliphatic heterocycles. The zero-order valence-electron chi connectivity index (χ0n) is 13.5. The van der Waals surface area contributed by atoms with Gasteiger partial charge in [0.15, 0.2) is 0 Å². The Morgan fingerprint density at radius 2 is 1.92 bits per heavy atom. The van der Waals surface area contributed by atoms with Crippen molar-refractivity contribution in [1.29, 1.82) is 0 Å². The number of aromatic nitrogens is 6. The fourth-order valence-electron chi connectivity index (χ4n) is 2.86. The van der Waals surface area contributed by atoms with Gasteiger partial charge in [-0.1, -0.05) is 0 Å². The molecule has 24 heavy (non-hydrogen) atoms. The Morgan fingerprint density at radius 3 is 2.67 bits per heavy atom. The third-order valence-corrected chi connectivity index (χ3v) is 4.09. The molecule has 0 bridgehead atoms. The molecule has 0 fully saturated rings. The van der Waals surface area contributed by atoms with Crippen LogP contribution in [0.3, 0.4) is 0 Å². The van der Waals surface area contributed by atoms with Crippen LogP contribution in [0.4, 0.5) is 0 Å². The predicted molar refractivity (Wildman–Crippen MR) is 89.3 cm³/mol. The van der Waals surface area contributed by atoms with E-state index in [9.17, 15) is 9.59 Å². The number of rotatable bonds is 2. The van der Waals surface area contributed by atoms with Gasteiger partial charge in [0, 0.05) is 50.1 Å². The number of fused-ring (bicyclic) bond motifs is 2. The smallest absolute Gasteiger partial charge is 0.258 e. The minimum absolute atomic E-state index is 0.140. The topological polar surface area (TPSA) is 78.6 Å². The number of aryl methyl sites for hydroxylation is 1. The molecule has 8 heteroatoms. The fourth-order valence-corrected chi connectivity index (χ4v) is 2.86. The summed E-state index contributed by atoms with van der Waals surface area (Å²) in [6.07, 6.45) is 8.31. The average molecular weight is 324 g/mol. The van der Waals surface area contributed by atoms with E-state index in [0.717, 1.165) is 0 Å². The standard InChI is InChI=1S/C16H16N6O2/c1-10(2)20-6-4-13(23)21-9-12(18-16(20)21)11-8-19(3)22-7-5-17-15(22)14(11)24/h4-10H,1-3H3. The Morgan fingerprint density at radius 1 is 1.12 bits per heavy atom. The first-order chi connectivity index (χ1) is 11.5. The van der Waals surface area contributed by atoms with Crippen LogP contribution in [0.25, 0.3) is 22.7 Å². The maximum Gasteiger partial charge on any atom is 0.258 e. The second kappa shape index (κ2) is 4.92. The van der Waals surface area contributed by atoms with Crippen molar-refractivity contribution in [2.75, 3.05) is 0 Å². The van der Waals surface area contributed by atoms with Crippen molar-refractivity contribution in [2.45, 2.75) is 19.9 Å². The Bertz CT molecular complexity index is 1190. The van der Waals surface area contributed by atoms with Crippen molar-refractivity contribution in [2.24, 2.45) is 7.05 Å². The highest BCUT2D eigenvalue weighted by Gasteiger charge is 2.16. The molecule has 0 saturated carbocycles. The molecule has 0 aliphatic carbocycles. The highest BCUT2D eigenvalue weighted by molar-refractivity contribution is 5.64. The monoisotopic (exact) mass is 324 g/mol. The lowest BCUT2D eigenvalue weighted by Gasteiger charge is -2.10. The summed E-state index contributed by atoms with van der Waals surface area (Å²) in [5.41, 5.74) is 0.795. The summed E-state index contributed by atoms with van der Waals surface area (Å²) in [5, 5.41) is 0. The van der Waals surface area contributed by atoms with Gasteiger partial charge in [0.2, 0.25) is 16.9 Å². The van der Waals surface area contributed by atoms with E-state index >= 15 is 0 Å². The third kappa shape index (κ3) is 1.92. The molecule has 4 heterocycles. The summed E-state index contributed by atoms with van der Waals surface area (Å²) < 4.78 is 6.78. The molecule has 4 rings (SSSR count). The van der Waals surface area contributed by atoms with Crippen molar-refractivity contribution < 1.29 is 0 Å². The first-order valence-electron chi connectivity index (χ1n) is 7.61. The van der Waals surface area contributed by atoms with E-state index in [4.69, 9.17) is 0 Å². The molecule has 0 aromatic carbocycles. The summed E-state index contributed by atoms with van der Waals surface area (Å²) in [6, 6.07) is 1.63. The Labute approximate surface area is 136 Å². The van der Waals surface area contributed by atoms with Crippen LogP contribution in [0.2, 0.25) is 0 Å². The maximum absolute atomic E-state index is 12.7. The summed E-state index contributed by atoms with van der Waals surface area (Å²) in [7, 11) is 1.82. The number of hydrogen-bond donors (Lipinski definition) is 0. The minimum atomic E-state index is -0.218. The molecule has 0 aliphatic rings. The first-order valence-corrected chi connectivity index (χ1v) is 7.61. The van der Waals surface area contributed by atoms with E-state index < -0.39 is 0 Å². The van der Waals surface area contributed by atoms with E-state index in [0.29, 0.717) is 22.7 Å². The normalized spacial score (nSPS) is 11.8. The van der Waals surface area contributed by atoms with E-state index in [-0.39, 0.29) is 17.0 Å². The number of hydrogen-bond acceptors (Lipinski definition) is 4. The fraction of sp³-hybridized carbons (Fsp3) is 0.250. The van der Waals surface area contributed by atoms with Crippen molar-refractivity contribution in [3.05, 3.63) is 57.6 Å². The molecule has 122 valence electrons. The molecule has 8 nitrogen and oxygen atoms in total. The van der Waals surface area contributed by atoms with Gasteiger partial charge >= 0.3 is 0 Å². The summed E-state index contributed by atoms with van der Waals surface area (Å²) in [4.78, 5) is 33.5. The van der Waals surface area contributed by atoms with Gasteiger partial charge < -0.3 is 4.57 Å². The van der Waals surface area contributed by atoms with Crippen molar-refractivity contribution in [1.82, 2.24) is 28.1 Å². The Hall–Kier alpha value is -3.16. The Kier molecular flexibility index (Phi) is 2.96. The van der Waals surface area contributed by atoms with Gasteiger partial charge in [0.1, 0.15) is 0 Å². The highest BCUT2D eigenvalue weighted by Crippen LogP contribution is 2.17. The molecule has 0 unspecified atom stereocenters. The van der Waals surface area contributed by atoms with Gasteiger partial charge in [-0.05, 0) is 13.8 Å². The lowest BCUT2D eigenvalue weighted by molar-refractivity contribution is 0.599. The van der Waals surface area contributed by atoms with Crippen molar-refractivity contribution >= 4 is 11.4 Å². The first kappa shape index (κ1) is 14.4. The second-order valence-electron chi connectivity index (χ2n) is 5.99. The summed E-state index contributed by atoms with van der Waals surface area (Å²) in [6.45, 7) is 4.02. The molecule has 0 radical (unpaired) electrons. The lowest BCUT2D eigenvalue weighted by Crippen LogP contribution is -2.16. The molecule has 4 aromatic rings. The minimum Gasteiger partial charge on any atom is -0.316 e. The van der Waals surface area contributed by atoms with Crippen LogP contribution >= 0.6 is 0 Å². The molecular weight excluding hydrogens is 308 g/mol. The highest BCUT2D eigenvalue weighted by atomic mass is 16.1. The van der Waals surface area contributed by atoms with E-state index in [1.54, 1.807) is 40.2 Å². The quantitative estimate of drug-likeness (QED) is 0.553. The van der Waals surface area contributed by atoms with Crippen molar-refractivity contribution in [3.8, 4) is 11.3 Å². The molecular formula is C16H16N6O2. The Balaban J connectivity index is 2.06. The van der Waals surface area contributed by atoms with Crippen LogP contribution in [0, 0.1) is 0 Å². The van der Waals surface area contributed by atoms with E-state index in [1.165, 1.54) is 10.5 Å². The second-order valence-corrected chi connectivity index (χ2v) is 5.99. The van der Waals surface area contributed by atoms with Gasteiger partial charge in [-0.15, -0.1) is 0 Å². The molecule has 0 N–H and O–H groups in total. The van der Waals surface area contributed by atoms with Gasteiger partial charge in [-0.2, -0.15) is 0 Å². The van der Waals surface area contributed by atoms with Gasteiger partial charge in [0.25, 0.3) is 5.56 Å². The van der Waals surface area contributed by atoms with Crippen LogP contribution < -0.4 is 11.0 Å². The molecule has 0 saturated heterocycles. The van der Waals surface area contributed by atoms with Crippen LogP contribution in [0.1, 0.15) is 19.9 Å². The maximum atomic E-state index is 12.7. The summed E-state index contributed by atoms with van der Waals surface area (Å²) >= 11 is 0. The number of imidazole rings is 2.